The second-order valence-corrected chi connectivity index (χ2v) is 10.3. The number of hydrogen-bond acceptors (Lipinski definition) is 6. The Balaban J connectivity index is 1.26. The predicted octanol–water partition coefficient (Wildman–Crippen LogP) is 4.83. The molecule has 1 aromatic rings. The largest absolute Gasteiger partial charge is 0.395 e. The van der Waals surface area contributed by atoms with Crippen molar-refractivity contribution in [2.75, 3.05) is 6.61 Å². The zero-order valence-corrected chi connectivity index (χ0v) is 18.4. The molecule has 5 rings (SSSR count). The lowest BCUT2D eigenvalue weighted by Gasteiger charge is -2.57. The number of carbonyl (C=O) groups is 1. The van der Waals surface area contributed by atoms with E-state index in [0.717, 1.165) is 44.2 Å². The first-order valence-corrected chi connectivity index (χ1v) is 11.6. The molecule has 0 spiro atoms. The van der Waals surface area contributed by atoms with Crippen LogP contribution < -0.4 is 0 Å². The summed E-state index contributed by atoms with van der Waals surface area (Å²) in [5.74, 6) is 3.80. The number of hydrogen-bond donors (Lipinski definition) is 0. The molecule has 1 heterocycles. The maximum atomic E-state index is 12.6. The molecule has 3 fully saturated rings. The van der Waals surface area contributed by atoms with Gasteiger partial charge >= 0.3 is 0 Å². The fraction of sp³-hybridized carbons (Fsp3) is 0.750. The van der Waals surface area contributed by atoms with E-state index in [4.69, 9.17) is 9.36 Å². The number of allylic oxidation sites excluding steroid dienone is 2. The number of nitrogens with zero attached hydrogens (tertiary/aromatic N) is 3. The number of oxime groups is 1. The second-order valence-electron chi connectivity index (χ2n) is 10.3. The van der Waals surface area contributed by atoms with Crippen molar-refractivity contribution in [1.29, 1.82) is 0 Å². The number of Topliss-reactive ketones (excluding diaryl/α,β-unsaturated/α-hetero) is 1. The molecule has 6 heteroatoms. The van der Waals surface area contributed by atoms with Crippen molar-refractivity contribution in [1.82, 2.24) is 10.1 Å². The zero-order chi connectivity index (χ0) is 20.9. The molecule has 0 N–H and O–H groups in total. The van der Waals surface area contributed by atoms with E-state index in [2.05, 4.69) is 35.2 Å². The predicted molar refractivity (Wildman–Crippen MR) is 113 cm³/mol. The van der Waals surface area contributed by atoms with Crippen molar-refractivity contribution < 1.29 is 14.2 Å². The van der Waals surface area contributed by atoms with Crippen LogP contribution in [0, 0.1) is 35.5 Å². The van der Waals surface area contributed by atoms with Gasteiger partial charge < -0.3 is 9.36 Å². The van der Waals surface area contributed by atoms with E-state index in [1.54, 1.807) is 5.57 Å². The topological polar surface area (TPSA) is 77.6 Å². The quantitative estimate of drug-likeness (QED) is 0.524. The van der Waals surface area contributed by atoms with E-state index < -0.39 is 0 Å². The number of ketones is 1. The van der Waals surface area contributed by atoms with Crippen molar-refractivity contribution >= 4 is 11.5 Å². The summed E-state index contributed by atoms with van der Waals surface area (Å²) < 4.78 is 5.11. The highest BCUT2D eigenvalue weighted by Gasteiger charge is 2.58. The van der Waals surface area contributed by atoms with Crippen LogP contribution >= 0.6 is 0 Å². The minimum Gasteiger partial charge on any atom is -0.395 e. The van der Waals surface area contributed by atoms with E-state index in [1.807, 2.05) is 6.92 Å². The van der Waals surface area contributed by atoms with Crippen LogP contribution in [0.15, 0.2) is 21.3 Å². The molecular weight excluding hydrogens is 378 g/mol. The van der Waals surface area contributed by atoms with Crippen molar-refractivity contribution in [3.8, 4) is 0 Å². The SMILES string of the molecule is Cc1noc(CCO/N=C2\C=C3CCC4C(CC[C@]5(C)C(=O)CCC45)[C@@]3(C)CC2)n1. The monoisotopic (exact) mass is 411 g/mol. The van der Waals surface area contributed by atoms with Gasteiger partial charge in [0.05, 0.1) is 12.1 Å². The third-order valence-electron chi connectivity index (χ3n) is 8.85. The maximum absolute atomic E-state index is 12.6. The van der Waals surface area contributed by atoms with Crippen LogP contribution in [-0.4, -0.2) is 28.2 Å². The van der Waals surface area contributed by atoms with Crippen molar-refractivity contribution in [2.24, 2.45) is 33.7 Å². The molecule has 0 aliphatic heterocycles. The number of carbonyl (C=O) groups excluding carboxylic acids is 1. The Hall–Kier alpha value is -1.98. The summed E-state index contributed by atoms with van der Waals surface area (Å²) in [6.45, 7) is 7.00. The fourth-order valence-corrected chi connectivity index (χ4v) is 7.12. The smallest absolute Gasteiger partial charge is 0.230 e. The van der Waals surface area contributed by atoms with Gasteiger partial charge in [0.25, 0.3) is 0 Å². The summed E-state index contributed by atoms with van der Waals surface area (Å²) >= 11 is 0. The maximum Gasteiger partial charge on any atom is 0.230 e. The van der Waals surface area contributed by atoms with E-state index in [9.17, 15) is 4.79 Å². The first kappa shape index (κ1) is 20.0. The summed E-state index contributed by atoms with van der Waals surface area (Å²) in [4.78, 5) is 22.3. The Labute approximate surface area is 178 Å². The molecular formula is C24H33N3O3. The number of aryl methyl sites for hydroxylation is 1. The Morgan fingerprint density at radius 1 is 1.13 bits per heavy atom. The van der Waals surface area contributed by atoms with Crippen LogP contribution in [0.25, 0.3) is 0 Å². The van der Waals surface area contributed by atoms with Gasteiger partial charge in [0.15, 0.2) is 5.82 Å². The molecule has 0 bridgehead atoms. The lowest BCUT2D eigenvalue weighted by atomic mass is 9.47. The van der Waals surface area contributed by atoms with Crippen LogP contribution in [0.4, 0.5) is 0 Å². The molecule has 0 aromatic carbocycles. The molecule has 6 nitrogen and oxygen atoms in total. The Morgan fingerprint density at radius 3 is 2.77 bits per heavy atom. The Morgan fingerprint density at radius 2 is 1.97 bits per heavy atom. The lowest BCUT2D eigenvalue weighted by Crippen LogP contribution is -2.50. The summed E-state index contributed by atoms with van der Waals surface area (Å²) in [6, 6.07) is 0. The fourth-order valence-electron chi connectivity index (χ4n) is 7.12. The highest BCUT2D eigenvalue weighted by Crippen LogP contribution is 2.64. The van der Waals surface area contributed by atoms with Crippen LogP contribution in [-0.2, 0) is 16.1 Å². The molecule has 5 atom stereocenters. The molecule has 4 aliphatic rings. The van der Waals surface area contributed by atoms with Gasteiger partial charge in [-0.2, -0.15) is 4.98 Å². The second kappa shape index (κ2) is 7.31. The number of rotatable bonds is 4. The van der Waals surface area contributed by atoms with Gasteiger partial charge in [-0.25, -0.2) is 0 Å². The van der Waals surface area contributed by atoms with Crippen LogP contribution in [0.3, 0.4) is 0 Å². The van der Waals surface area contributed by atoms with E-state index >= 15 is 0 Å². The lowest BCUT2D eigenvalue weighted by molar-refractivity contribution is -0.132. The third kappa shape index (κ3) is 3.14. The number of fused-ring (bicyclic) bond motifs is 5. The van der Waals surface area contributed by atoms with E-state index in [-0.39, 0.29) is 10.8 Å². The zero-order valence-electron chi connectivity index (χ0n) is 18.4. The van der Waals surface area contributed by atoms with Crippen molar-refractivity contribution in [2.45, 2.75) is 78.6 Å². The summed E-state index contributed by atoms with van der Waals surface area (Å²) in [6.07, 6.45) is 11.6. The highest BCUT2D eigenvalue weighted by atomic mass is 16.6. The highest BCUT2D eigenvalue weighted by molar-refractivity contribution is 5.96. The standard InChI is InChI=1S/C24H33N3O3/c1-15-25-22(30-26-15)10-13-29-27-17-8-11-23(2)16(14-17)4-5-18-19-6-7-21(28)24(19,3)12-9-20(18)23/h14,18-20H,4-13H2,1-3H3/b27-17-/t18?,19?,20?,23-,24-/m0/s1. The van der Waals surface area contributed by atoms with Gasteiger partial charge in [0.1, 0.15) is 12.4 Å². The van der Waals surface area contributed by atoms with Gasteiger partial charge in [0, 0.05) is 11.8 Å². The minimum atomic E-state index is -0.0369. The molecule has 3 saturated carbocycles. The normalized spacial score (nSPS) is 39.3. The summed E-state index contributed by atoms with van der Waals surface area (Å²) in [5, 5.41) is 8.20. The third-order valence-corrected chi connectivity index (χ3v) is 8.85. The van der Waals surface area contributed by atoms with Crippen LogP contribution in [0.1, 0.15) is 76.9 Å². The molecule has 0 saturated heterocycles. The first-order chi connectivity index (χ1) is 14.4. The number of aromatic nitrogens is 2. The van der Waals surface area contributed by atoms with Gasteiger partial charge in [0.2, 0.25) is 5.89 Å². The van der Waals surface area contributed by atoms with E-state index in [0.29, 0.717) is 48.3 Å². The summed E-state index contributed by atoms with van der Waals surface area (Å²) in [7, 11) is 0. The molecule has 0 amide bonds. The average molecular weight is 412 g/mol. The first-order valence-electron chi connectivity index (χ1n) is 11.6. The van der Waals surface area contributed by atoms with Crippen LogP contribution in [0.2, 0.25) is 0 Å². The van der Waals surface area contributed by atoms with Crippen molar-refractivity contribution in [3.63, 3.8) is 0 Å². The van der Waals surface area contributed by atoms with E-state index in [1.165, 1.54) is 12.8 Å². The molecule has 1 aromatic heterocycles. The van der Waals surface area contributed by atoms with Gasteiger partial charge in [-0.3, -0.25) is 4.79 Å². The molecule has 0 radical (unpaired) electrons. The molecule has 162 valence electrons. The Kier molecular flexibility index (Phi) is 4.86. The van der Waals surface area contributed by atoms with Crippen molar-refractivity contribution in [3.05, 3.63) is 23.4 Å². The molecule has 3 unspecified atom stereocenters. The molecule has 30 heavy (non-hydrogen) atoms. The van der Waals surface area contributed by atoms with Gasteiger partial charge in [-0.05, 0) is 81.1 Å². The van der Waals surface area contributed by atoms with Gasteiger partial charge in [-0.1, -0.05) is 29.7 Å². The minimum absolute atomic E-state index is 0.0369. The van der Waals surface area contributed by atoms with Crippen LogP contribution in [0.5, 0.6) is 0 Å². The van der Waals surface area contributed by atoms with Gasteiger partial charge in [-0.15, -0.1) is 0 Å². The Bertz CT molecular complexity index is 903. The molecule has 4 aliphatic carbocycles. The summed E-state index contributed by atoms with van der Waals surface area (Å²) in [5.41, 5.74) is 2.83. The average Bonchev–Trinajstić information content (AvgIpc) is 3.28.